The summed E-state index contributed by atoms with van der Waals surface area (Å²) in [5.41, 5.74) is -0.230. The molecule has 1 aromatic rings. The van der Waals surface area contributed by atoms with Crippen molar-refractivity contribution >= 4 is 6.29 Å². The molecule has 1 N–H and O–H groups in total. The number of carbonyl (C=O) groups excluding carboxylic acids is 1. The average molecular weight is 321 g/mol. The third kappa shape index (κ3) is 4.22. The van der Waals surface area contributed by atoms with E-state index in [1.165, 1.54) is 13.3 Å². The Morgan fingerprint density at radius 3 is 2.83 bits per heavy atom. The van der Waals surface area contributed by atoms with Crippen LogP contribution in [0.25, 0.3) is 0 Å². The van der Waals surface area contributed by atoms with Crippen LogP contribution in [0.1, 0.15) is 56.3 Å². The van der Waals surface area contributed by atoms with Crippen molar-refractivity contribution in [2.24, 2.45) is 11.8 Å². The Bertz CT molecular complexity index is 530. The van der Waals surface area contributed by atoms with Crippen LogP contribution < -0.4 is 9.47 Å². The molecule has 0 radical (unpaired) electrons. The molecular weight excluding hydrogens is 294 g/mol. The lowest BCUT2D eigenvalue weighted by Gasteiger charge is -2.40. The van der Waals surface area contributed by atoms with Gasteiger partial charge >= 0.3 is 0 Å². The minimum atomic E-state index is -0.667. The third-order valence-electron chi connectivity index (χ3n) is 5.09. The van der Waals surface area contributed by atoms with Gasteiger partial charge in [-0.3, -0.25) is 4.79 Å². The minimum absolute atomic E-state index is 0.229. The fourth-order valence-electron chi connectivity index (χ4n) is 3.45. The largest absolute Gasteiger partial charge is 0.491 e. The predicted molar refractivity (Wildman–Crippen MR) is 88.0 cm³/mol. The van der Waals surface area contributed by atoms with Gasteiger partial charge in [-0.05, 0) is 38.0 Å². The Balaban J connectivity index is 2.08. The normalized spacial score (nSPS) is 23.8. The van der Waals surface area contributed by atoms with Gasteiger partial charge in [0.05, 0.1) is 31.1 Å². The van der Waals surface area contributed by atoms with Crippen molar-refractivity contribution in [1.29, 1.82) is 0 Å². The number of aliphatic hydroxyl groups is 1. The van der Waals surface area contributed by atoms with Crippen molar-refractivity contribution in [3.8, 4) is 11.6 Å². The monoisotopic (exact) mass is 321 g/mol. The van der Waals surface area contributed by atoms with Gasteiger partial charge in [-0.25, -0.2) is 4.98 Å². The molecular formula is C18H27NO4. The molecule has 3 unspecified atom stereocenters. The van der Waals surface area contributed by atoms with Crippen LogP contribution in [0.15, 0.2) is 12.3 Å². The summed E-state index contributed by atoms with van der Waals surface area (Å²) < 4.78 is 10.9. The molecule has 1 fully saturated rings. The maximum atomic E-state index is 11.2. The fraction of sp³-hybridized carbons (Fsp3) is 0.667. The maximum absolute atomic E-state index is 11.2. The zero-order valence-corrected chi connectivity index (χ0v) is 14.2. The number of methoxy groups -OCH3 is 1. The predicted octanol–water partition coefficient (Wildman–Crippen LogP) is 3.25. The molecule has 2 rings (SSSR count). The second-order valence-corrected chi connectivity index (χ2v) is 6.56. The van der Waals surface area contributed by atoms with Gasteiger partial charge in [0, 0.05) is 6.07 Å². The minimum Gasteiger partial charge on any atom is -0.491 e. The summed E-state index contributed by atoms with van der Waals surface area (Å²) in [4.78, 5) is 15.3. The van der Waals surface area contributed by atoms with E-state index in [1.807, 2.05) is 13.8 Å². The van der Waals surface area contributed by atoms with Gasteiger partial charge in [0.25, 0.3) is 0 Å². The van der Waals surface area contributed by atoms with E-state index >= 15 is 0 Å². The number of rotatable bonds is 7. The van der Waals surface area contributed by atoms with Crippen LogP contribution >= 0.6 is 0 Å². The lowest BCUT2D eigenvalue weighted by Crippen LogP contribution is -2.42. The van der Waals surface area contributed by atoms with Crippen molar-refractivity contribution in [1.82, 2.24) is 4.98 Å². The Morgan fingerprint density at radius 2 is 2.17 bits per heavy atom. The first-order chi connectivity index (χ1) is 11.0. The Morgan fingerprint density at radius 1 is 1.43 bits per heavy atom. The topological polar surface area (TPSA) is 68.7 Å². The second kappa shape index (κ2) is 7.77. The summed E-state index contributed by atoms with van der Waals surface area (Å²) in [5.74, 6) is 1.39. The maximum Gasteiger partial charge on any atom is 0.213 e. The number of hydrogen-bond donors (Lipinski definition) is 1. The number of nitrogens with zero attached hydrogens (tertiary/aromatic N) is 1. The van der Waals surface area contributed by atoms with Gasteiger partial charge in [-0.1, -0.05) is 19.8 Å². The summed E-state index contributed by atoms with van der Waals surface area (Å²) in [5, 5.41) is 10.6. The van der Waals surface area contributed by atoms with Crippen LogP contribution in [0.4, 0.5) is 0 Å². The summed E-state index contributed by atoms with van der Waals surface area (Å²) in [6, 6.07) is 1.57. The van der Waals surface area contributed by atoms with Gasteiger partial charge in [0.1, 0.15) is 5.75 Å². The highest BCUT2D eigenvalue weighted by Gasteiger charge is 2.38. The van der Waals surface area contributed by atoms with Crippen molar-refractivity contribution in [2.45, 2.75) is 51.6 Å². The summed E-state index contributed by atoms with van der Waals surface area (Å²) in [7, 11) is 1.51. The number of carbonyl (C=O) groups is 1. The van der Waals surface area contributed by atoms with Crippen LogP contribution in [-0.4, -0.2) is 35.7 Å². The van der Waals surface area contributed by atoms with Gasteiger partial charge in [0.15, 0.2) is 6.29 Å². The smallest absolute Gasteiger partial charge is 0.213 e. The fourth-order valence-corrected chi connectivity index (χ4v) is 3.45. The molecule has 1 saturated carbocycles. The van der Waals surface area contributed by atoms with E-state index < -0.39 is 5.60 Å². The van der Waals surface area contributed by atoms with Crippen LogP contribution in [0.5, 0.6) is 11.6 Å². The first-order valence-corrected chi connectivity index (χ1v) is 8.36. The standard InChI is InChI=1S/C18H27NO4/c1-4-18(2,21)15-8-6-5-7-13(15)12-23-16-10-19-17(22-3)9-14(16)11-20/h9-11,13,15,21H,4-8,12H2,1-3H3. The van der Waals surface area contributed by atoms with Crippen LogP contribution in [0.3, 0.4) is 0 Å². The number of ether oxygens (including phenoxy) is 2. The highest BCUT2D eigenvalue weighted by atomic mass is 16.5. The SMILES string of the molecule is CCC(C)(O)C1CCCCC1COc1cnc(OC)cc1C=O. The number of aldehydes is 1. The van der Waals surface area contributed by atoms with E-state index in [9.17, 15) is 9.90 Å². The molecule has 128 valence electrons. The molecule has 0 saturated heterocycles. The zero-order valence-electron chi connectivity index (χ0n) is 14.2. The molecule has 0 aliphatic heterocycles. The molecule has 23 heavy (non-hydrogen) atoms. The van der Waals surface area contributed by atoms with Crippen LogP contribution in [0.2, 0.25) is 0 Å². The van der Waals surface area contributed by atoms with Crippen molar-refractivity contribution in [3.63, 3.8) is 0 Å². The lowest BCUT2D eigenvalue weighted by molar-refractivity contribution is -0.0543. The zero-order chi connectivity index (χ0) is 16.9. The Labute approximate surface area is 138 Å². The van der Waals surface area contributed by atoms with Gasteiger partial charge in [-0.15, -0.1) is 0 Å². The summed E-state index contributed by atoms with van der Waals surface area (Å²) in [6.45, 7) is 4.43. The van der Waals surface area contributed by atoms with Gasteiger partial charge < -0.3 is 14.6 Å². The first-order valence-electron chi connectivity index (χ1n) is 8.36. The van der Waals surface area contributed by atoms with Crippen molar-refractivity contribution in [3.05, 3.63) is 17.8 Å². The van der Waals surface area contributed by atoms with Crippen molar-refractivity contribution in [2.75, 3.05) is 13.7 Å². The van der Waals surface area contributed by atoms with E-state index in [2.05, 4.69) is 4.98 Å². The number of pyridine rings is 1. The van der Waals surface area contributed by atoms with E-state index in [0.717, 1.165) is 38.4 Å². The van der Waals surface area contributed by atoms with Gasteiger partial charge in [0.2, 0.25) is 5.88 Å². The number of aromatic nitrogens is 1. The van der Waals surface area contributed by atoms with E-state index in [1.54, 1.807) is 6.07 Å². The quantitative estimate of drug-likeness (QED) is 0.781. The first kappa shape index (κ1) is 17.7. The average Bonchev–Trinajstić information content (AvgIpc) is 2.59. The lowest BCUT2D eigenvalue weighted by atomic mass is 9.70. The Kier molecular flexibility index (Phi) is 5.99. The molecule has 0 spiro atoms. The molecule has 5 nitrogen and oxygen atoms in total. The number of hydrogen-bond acceptors (Lipinski definition) is 5. The van der Waals surface area contributed by atoms with Crippen molar-refractivity contribution < 1.29 is 19.4 Å². The molecule has 0 bridgehead atoms. The molecule has 1 aliphatic rings. The van der Waals surface area contributed by atoms with Crippen LogP contribution in [-0.2, 0) is 0 Å². The molecule has 3 atom stereocenters. The molecule has 1 heterocycles. The van der Waals surface area contributed by atoms with Gasteiger partial charge in [-0.2, -0.15) is 0 Å². The molecule has 5 heteroatoms. The summed E-state index contributed by atoms with van der Waals surface area (Å²) in [6.07, 6.45) is 7.39. The van der Waals surface area contributed by atoms with Crippen LogP contribution in [0, 0.1) is 11.8 Å². The molecule has 0 aromatic carbocycles. The van der Waals surface area contributed by atoms with E-state index in [-0.39, 0.29) is 5.92 Å². The highest BCUT2D eigenvalue weighted by molar-refractivity contribution is 5.79. The molecule has 1 aromatic heterocycles. The Hall–Kier alpha value is -1.62. The second-order valence-electron chi connectivity index (χ2n) is 6.56. The highest BCUT2D eigenvalue weighted by Crippen LogP contribution is 2.39. The summed E-state index contributed by atoms with van der Waals surface area (Å²) >= 11 is 0. The third-order valence-corrected chi connectivity index (χ3v) is 5.09. The molecule has 0 amide bonds. The molecule has 1 aliphatic carbocycles. The van der Waals surface area contributed by atoms with E-state index in [0.29, 0.717) is 29.7 Å². The van der Waals surface area contributed by atoms with E-state index in [4.69, 9.17) is 9.47 Å².